The normalized spacial score (nSPS) is 22.5. The molecule has 0 saturated heterocycles. The van der Waals surface area contributed by atoms with E-state index < -0.39 is 5.97 Å². The van der Waals surface area contributed by atoms with Gasteiger partial charge < -0.3 is 15.7 Å². The lowest BCUT2D eigenvalue weighted by Crippen LogP contribution is -2.37. The third kappa shape index (κ3) is 6.20. The Kier molecular flexibility index (Phi) is 6.90. The van der Waals surface area contributed by atoms with Crippen molar-refractivity contribution >= 4 is 11.9 Å². The molecule has 0 heterocycles. The zero-order chi connectivity index (χ0) is 14.1. The fourth-order valence-electron chi connectivity index (χ4n) is 2.32. The molecule has 3 N–H and O–H groups in total. The largest absolute Gasteiger partial charge is 0.481 e. The van der Waals surface area contributed by atoms with E-state index in [9.17, 15) is 9.59 Å². The zero-order valence-electron chi connectivity index (χ0n) is 11.0. The number of carboxylic acid groups (broad SMARTS) is 1. The molecule has 0 atom stereocenters. The van der Waals surface area contributed by atoms with Crippen LogP contribution in [0.15, 0.2) is 0 Å². The Morgan fingerprint density at radius 3 is 2.53 bits per heavy atom. The van der Waals surface area contributed by atoms with E-state index in [1.165, 1.54) is 0 Å². The molecule has 0 radical (unpaired) electrons. The van der Waals surface area contributed by atoms with Crippen molar-refractivity contribution in [3.8, 4) is 6.07 Å². The van der Waals surface area contributed by atoms with Gasteiger partial charge in [0.2, 0.25) is 5.91 Å². The minimum atomic E-state index is -0.691. The molecule has 1 aliphatic rings. The summed E-state index contributed by atoms with van der Waals surface area (Å²) in [5.41, 5.74) is 0. The lowest BCUT2D eigenvalue weighted by molar-refractivity contribution is -0.143. The van der Waals surface area contributed by atoms with Gasteiger partial charge in [0, 0.05) is 6.54 Å². The lowest BCUT2D eigenvalue weighted by atomic mass is 9.82. The summed E-state index contributed by atoms with van der Waals surface area (Å²) in [6.45, 7) is 1.39. The Bertz CT molecular complexity index is 344. The smallest absolute Gasteiger partial charge is 0.306 e. The van der Waals surface area contributed by atoms with E-state index in [4.69, 9.17) is 10.4 Å². The van der Waals surface area contributed by atoms with E-state index in [0.717, 1.165) is 32.2 Å². The number of nitrogens with one attached hydrogen (secondary N) is 2. The van der Waals surface area contributed by atoms with Crippen LogP contribution in [0.2, 0.25) is 0 Å². The van der Waals surface area contributed by atoms with Gasteiger partial charge in [0.25, 0.3) is 0 Å². The Labute approximate surface area is 113 Å². The summed E-state index contributed by atoms with van der Waals surface area (Å²) in [5, 5.41) is 22.9. The van der Waals surface area contributed by atoms with Crippen molar-refractivity contribution in [2.45, 2.75) is 32.1 Å². The van der Waals surface area contributed by atoms with E-state index in [0.29, 0.717) is 18.9 Å². The number of carbonyl (C=O) groups excluding carboxylic acids is 1. The number of aliphatic carboxylic acids is 1. The number of carboxylic acids is 1. The Hall–Kier alpha value is -1.61. The first-order chi connectivity index (χ1) is 9.13. The van der Waals surface area contributed by atoms with Crippen molar-refractivity contribution in [1.29, 1.82) is 5.26 Å². The van der Waals surface area contributed by atoms with Gasteiger partial charge in [0.05, 0.1) is 25.0 Å². The van der Waals surface area contributed by atoms with E-state index in [1.807, 2.05) is 6.07 Å². The lowest BCUT2D eigenvalue weighted by Gasteiger charge is -2.26. The summed E-state index contributed by atoms with van der Waals surface area (Å²) in [5.74, 6) is -0.522. The molecule has 0 aromatic heterocycles. The van der Waals surface area contributed by atoms with Gasteiger partial charge in [-0.2, -0.15) is 5.26 Å². The Morgan fingerprint density at radius 1 is 1.26 bits per heavy atom. The molecule has 1 fully saturated rings. The maximum atomic E-state index is 11.3. The van der Waals surface area contributed by atoms with Crippen molar-refractivity contribution in [2.24, 2.45) is 11.8 Å². The number of hydrogen-bond acceptors (Lipinski definition) is 4. The SMILES string of the molecule is N#CCCNC(=O)CNCC1CCC(C(=O)O)CC1. The van der Waals surface area contributed by atoms with Crippen molar-refractivity contribution in [2.75, 3.05) is 19.6 Å². The van der Waals surface area contributed by atoms with Gasteiger partial charge in [-0.15, -0.1) is 0 Å². The summed E-state index contributed by atoms with van der Waals surface area (Å²) < 4.78 is 0. The van der Waals surface area contributed by atoms with Gasteiger partial charge in [-0.1, -0.05) is 0 Å². The minimum absolute atomic E-state index is 0.102. The van der Waals surface area contributed by atoms with E-state index in [2.05, 4.69) is 10.6 Å². The second-order valence-corrected chi connectivity index (χ2v) is 4.94. The maximum absolute atomic E-state index is 11.3. The third-order valence-electron chi connectivity index (χ3n) is 3.47. The molecule has 0 aromatic rings. The third-order valence-corrected chi connectivity index (χ3v) is 3.47. The van der Waals surface area contributed by atoms with Crippen LogP contribution in [0.25, 0.3) is 0 Å². The van der Waals surface area contributed by atoms with E-state index >= 15 is 0 Å². The predicted octanol–water partition coefficient (Wildman–Crippen LogP) is 0.497. The van der Waals surface area contributed by atoms with Gasteiger partial charge in [-0.05, 0) is 38.1 Å². The number of amides is 1. The average Bonchev–Trinajstić information content (AvgIpc) is 2.39. The van der Waals surface area contributed by atoms with Crippen molar-refractivity contribution in [3.63, 3.8) is 0 Å². The Balaban J connectivity index is 2.06. The van der Waals surface area contributed by atoms with E-state index in [-0.39, 0.29) is 18.4 Å². The molecule has 6 nitrogen and oxygen atoms in total. The van der Waals surface area contributed by atoms with Crippen LogP contribution in [-0.4, -0.2) is 36.6 Å². The number of carbonyl (C=O) groups is 2. The van der Waals surface area contributed by atoms with Crippen molar-refractivity contribution in [3.05, 3.63) is 0 Å². The molecule has 0 unspecified atom stereocenters. The second-order valence-electron chi connectivity index (χ2n) is 4.94. The molecule has 6 heteroatoms. The summed E-state index contributed by atoms with van der Waals surface area (Å²) in [4.78, 5) is 22.1. The topological polar surface area (TPSA) is 102 Å². The van der Waals surface area contributed by atoms with Gasteiger partial charge >= 0.3 is 5.97 Å². The second kappa shape index (κ2) is 8.48. The summed E-state index contributed by atoms with van der Waals surface area (Å²) in [6.07, 6.45) is 3.59. The zero-order valence-corrected chi connectivity index (χ0v) is 11.0. The fraction of sp³-hybridized carbons (Fsp3) is 0.769. The van der Waals surface area contributed by atoms with Crippen molar-refractivity contribution in [1.82, 2.24) is 10.6 Å². The Morgan fingerprint density at radius 2 is 1.95 bits per heavy atom. The monoisotopic (exact) mass is 267 g/mol. The standard InChI is InChI=1S/C13H21N3O3/c14-6-1-7-16-12(17)9-15-8-10-2-4-11(5-3-10)13(18)19/h10-11,15H,1-5,7-9H2,(H,16,17)(H,18,19). The fourth-order valence-corrected chi connectivity index (χ4v) is 2.32. The highest BCUT2D eigenvalue weighted by Crippen LogP contribution is 2.28. The van der Waals surface area contributed by atoms with Gasteiger partial charge in [-0.25, -0.2) is 0 Å². The summed E-state index contributed by atoms with van der Waals surface area (Å²) >= 11 is 0. The van der Waals surface area contributed by atoms with Crippen LogP contribution in [0, 0.1) is 23.2 Å². The molecule has 1 saturated carbocycles. The summed E-state index contributed by atoms with van der Waals surface area (Å²) in [6, 6.07) is 1.96. The molecular formula is C13H21N3O3. The number of hydrogen-bond donors (Lipinski definition) is 3. The van der Waals surface area contributed by atoms with Crippen LogP contribution >= 0.6 is 0 Å². The van der Waals surface area contributed by atoms with Gasteiger partial charge in [-0.3, -0.25) is 9.59 Å². The first-order valence-corrected chi connectivity index (χ1v) is 6.70. The van der Waals surface area contributed by atoms with Crippen LogP contribution in [-0.2, 0) is 9.59 Å². The number of nitriles is 1. The molecule has 0 aromatic carbocycles. The number of nitrogens with zero attached hydrogens (tertiary/aromatic N) is 1. The predicted molar refractivity (Wildman–Crippen MR) is 69.2 cm³/mol. The van der Waals surface area contributed by atoms with Crippen LogP contribution in [0.3, 0.4) is 0 Å². The maximum Gasteiger partial charge on any atom is 0.306 e. The van der Waals surface area contributed by atoms with Crippen LogP contribution in [0.4, 0.5) is 0 Å². The molecule has 1 amide bonds. The van der Waals surface area contributed by atoms with Crippen LogP contribution in [0.1, 0.15) is 32.1 Å². The molecule has 1 rings (SSSR count). The quantitative estimate of drug-likeness (QED) is 0.583. The summed E-state index contributed by atoms with van der Waals surface area (Å²) in [7, 11) is 0. The molecular weight excluding hydrogens is 246 g/mol. The van der Waals surface area contributed by atoms with Crippen LogP contribution < -0.4 is 10.6 Å². The average molecular weight is 267 g/mol. The molecule has 0 spiro atoms. The minimum Gasteiger partial charge on any atom is -0.481 e. The van der Waals surface area contributed by atoms with Gasteiger partial charge in [0.15, 0.2) is 0 Å². The van der Waals surface area contributed by atoms with Gasteiger partial charge in [0.1, 0.15) is 0 Å². The molecule has 0 aliphatic heterocycles. The first-order valence-electron chi connectivity index (χ1n) is 6.70. The van der Waals surface area contributed by atoms with Crippen LogP contribution in [0.5, 0.6) is 0 Å². The van der Waals surface area contributed by atoms with Crippen molar-refractivity contribution < 1.29 is 14.7 Å². The van der Waals surface area contributed by atoms with E-state index in [1.54, 1.807) is 0 Å². The molecule has 0 bridgehead atoms. The highest BCUT2D eigenvalue weighted by atomic mass is 16.4. The first kappa shape index (κ1) is 15.4. The molecule has 19 heavy (non-hydrogen) atoms. The molecule has 1 aliphatic carbocycles. The molecule has 106 valence electrons. The highest BCUT2D eigenvalue weighted by molar-refractivity contribution is 5.77. The highest BCUT2D eigenvalue weighted by Gasteiger charge is 2.25. The number of rotatable bonds is 7.